The van der Waals surface area contributed by atoms with Gasteiger partial charge >= 0.3 is 5.97 Å². The van der Waals surface area contributed by atoms with Crippen LogP contribution in [0.2, 0.25) is 0 Å². The maximum atomic E-state index is 11.8. The Morgan fingerprint density at radius 1 is 1.44 bits per heavy atom. The number of ether oxygens (including phenoxy) is 1. The van der Waals surface area contributed by atoms with Crippen LogP contribution in [-0.2, 0) is 4.74 Å². The van der Waals surface area contributed by atoms with Crippen molar-refractivity contribution >= 4 is 17.3 Å². The fraction of sp³-hybridized carbons (Fsp3) is 0.250. The maximum absolute atomic E-state index is 11.8. The molecule has 0 saturated heterocycles. The monoisotopic (exact) mass is 235 g/mol. The fourth-order valence-corrected chi connectivity index (χ4v) is 2.55. The Morgan fingerprint density at radius 3 is 2.75 bits per heavy atom. The number of aromatic nitrogens is 1. The molecule has 0 amide bonds. The molecule has 2 aromatic heterocycles. The molecule has 0 radical (unpaired) electrons. The van der Waals surface area contributed by atoms with Crippen molar-refractivity contribution in [3.63, 3.8) is 0 Å². The molecule has 0 bridgehead atoms. The van der Waals surface area contributed by atoms with Gasteiger partial charge in [-0.15, -0.1) is 11.3 Å². The maximum Gasteiger partial charge on any atom is 0.341 e. The number of hydrogen-bond donors (Lipinski definition) is 0. The molecule has 3 nitrogen and oxygen atoms in total. The van der Waals surface area contributed by atoms with Gasteiger partial charge in [0.25, 0.3) is 0 Å². The molecule has 0 aliphatic rings. The first-order chi connectivity index (χ1) is 7.74. The van der Waals surface area contributed by atoms with E-state index in [9.17, 15) is 4.79 Å². The molecule has 2 aromatic rings. The summed E-state index contributed by atoms with van der Waals surface area (Å²) in [5, 5.41) is 2.89. The lowest BCUT2D eigenvalue weighted by atomic mass is 10.2. The SMILES string of the molecule is CCOC(=O)c1c(C)csc1-n1cccc1. The van der Waals surface area contributed by atoms with Gasteiger partial charge in [0.15, 0.2) is 0 Å². The van der Waals surface area contributed by atoms with E-state index in [-0.39, 0.29) is 5.97 Å². The minimum absolute atomic E-state index is 0.245. The van der Waals surface area contributed by atoms with Gasteiger partial charge in [-0.2, -0.15) is 0 Å². The topological polar surface area (TPSA) is 31.2 Å². The molecule has 0 spiro atoms. The van der Waals surface area contributed by atoms with Gasteiger partial charge in [0.05, 0.1) is 12.2 Å². The first-order valence-electron chi connectivity index (χ1n) is 5.12. The van der Waals surface area contributed by atoms with Crippen molar-refractivity contribution in [2.24, 2.45) is 0 Å². The predicted octanol–water partition coefficient (Wildman–Crippen LogP) is 3.02. The highest BCUT2D eigenvalue weighted by Crippen LogP contribution is 2.26. The predicted molar refractivity (Wildman–Crippen MR) is 64.3 cm³/mol. The molecule has 4 heteroatoms. The number of thiophene rings is 1. The minimum atomic E-state index is -0.245. The molecule has 0 saturated carbocycles. The Bertz CT molecular complexity index is 485. The van der Waals surface area contributed by atoms with E-state index in [1.165, 1.54) is 0 Å². The lowest BCUT2D eigenvalue weighted by Crippen LogP contribution is -2.08. The third-order valence-electron chi connectivity index (χ3n) is 2.27. The van der Waals surface area contributed by atoms with E-state index < -0.39 is 0 Å². The highest BCUT2D eigenvalue weighted by molar-refractivity contribution is 7.13. The van der Waals surface area contributed by atoms with E-state index >= 15 is 0 Å². The quantitative estimate of drug-likeness (QED) is 0.766. The largest absolute Gasteiger partial charge is 0.462 e. The van der Waals surface area contributed by atoms with E-state index in [1.807, 2.05) is 48.3 Å². The second-order valence-electron chi connectivity index (χ2n) is 3.41. The van der Waals surface area contributed by atoms with Gasteiger partial charge in [-0.05, 0) is 36.9 Å². The van der Waals surface area contributed by atoms with Crippen LogP contribution in [0.15, 0.2) is 29.9 Å². The lowest BCUT2D eigenvalue weighted by molar-refractivity contribution is 0.0526. The zero-order chi connectivity index (χ0) is 11.5. The van der Waals surface area contributed by atoms with E-state index in [0.717, 1.165) is 10.6 Å². The van der Waals surface area contributed by atoms with Crippen LogP contribution in [0, 0.1) is 6.92 Å². The van der Waals surface area contributed by atoms with Crippen LogP contribution in [-0.4, -0.2) is 17.1 Å². The highest BCUT2D eigenvalue weighted by Gasteiger charge is 2.18. The summed E-state index contributed by atoms with van der Waals surface area (Å²) in [6, 6.07) is 3.87. The van der Waals surface area contributed by atoms with Gasteiger partial charge in [-0.25, -0.2) is 4.79 Å². The number of hydrogen-bond acceptors (Lipinski definition) is 3. The summed E-state index contributed by atoms with van der Waals surface area (Å²) in [5.74, 6) is -0.245. The molecule has 0 aliphatic carbocycles. The number of carbonyl (C=O) groups excluding carboxylic acids is 1. The molecule has 0 aliphatic heterocycles. The summed E-state index contributed by atoms with van der Waals surface area (Å²) in [6.07, 6.45) is 3.85. The number of esters is 1. The first kappa shape index (κ1) is 11.0. The number of carbonyl (C=O) groups is 1. The van der Waals surface area contributed by atoms with Crippen LogP contribution < -0.4 is 0 Å². The van der Waals surface area contributed by atoms with Crippen molar-refractivity contribution in [1.82, 2.24) is 4.57 Å². The van der Waals surface area contributed by atoms with E-state index in [1.54, 1.807) is 11.3 Å². The van der Waals surface area contributed by atoms with E-state index in [0.29, 0.717) is 12.2 Å². The van der Waals surface area contributed by atoms with Crippen LogP contribution in [0.4, 0.5) is 0 Å². The van der Waals surface area contributed by atoms with Gasteiger partial charge < -0.3 is 9.30 Å². The normalized spacial score (nSPS) is 10.4. The standard InChI is InChI=1S/C12H13NO2S/c1-3-15-12(14)10-9(2)8-16-11(10)13-6-4-5-7-13/h4-8H,3H2,1-2H3. The van der Waals surface area contributed by atoms with Crippen LogP contribution >= 0.6 is 11.3 Å². The summed E-state index contributed by atoms with van der Waals surface area (Å²) < 4.78 is 6.99. The van der Waals surface area contributed by atoms with Gasteiger partial charge in [-0.3, -0.25) is 0 Å². The van der Waals surface area contributed by atoms with Crippen LogP contribution in [0.25, 0.3) is 5.00 Å². The molecular formula is C12H13NO2S. The molecule has 0 fully saturated rings. The zero-order valence-electron chi connectivity index (χ0n) is 9.27. The Kier molecular flexibility index (Phi) is 3.10. The van der Waals surface area contributed by atoms with Crippen molar-refractivity contribution in [2.45, 2.75) is 13.8 Å². The Labute approximate surface area is 98.3 Å². The molecule has 0 aromatic carbocycles. The smallest absolute Gasteiger partial charge is 0.341 e. The van der Waals surface area contributed by atoms with Crippen LogP contribution in [0.3, 0.4) is 0 Å². The van der Waals surface area contributed by atoms with Gasteiger partial charge in [0.2, 0.25) is 0 Å². The van der Waals surface area contributed by atoms with Gasteiger partial charge in [0, 0.05) is 12.4 Å². The second-order valence-corrected chi connectivity index (χ2v) is 4.27. The highest BCUT2D eigenvalue weighted by atomic mass is 32.1. The number of aryl methyl sites for hydroxylation is 1. The Balaban J connectivity index is 2.44. The third-order valence-corrected chi connectivity index (χ3v) is 3.38. The molecule has 0 N–H and O–H groups in total. The van der Waals surface area contributed by atoms with Crippen molar-refractivity contribution in [3.05, 3.63) is 41.0 Å². The zero-order valence-corrected chi connectivity index (χ0v) is 10.1. The average molecular weight is 235 g/mol. The van der Waals surface area contributed by atoms with E-state index in [2.05, 4.69) is 0 Å². The fourth-order valence-electron chi connectivity index (χ4n) is 1.54. The lowest BCUT2D eigenvalue weighted by Gasteiger charge is -2.05. The summed E-state index contributed by atoms with van der Waals surface area (Å²) in [6.45, 7) is 4.14. The van der Waals surface area contributed by atoms with Gasteiger partial charge in [0.1, 0.15) is 5.00 Å². The van der Waals surface area contributed by atoms with Crippen molar-refractivity contribution < 1.29 is 9.53 Å². The molecule has 84 valence electrons. The molecule has 0 unspecified atom stereocenters. The summed E-state index contributed by atoms with van der Waals surface area (Å²) in [7, 11) is 0. The van der Waals surface area contributed by atoms with Gasteiger partial charge in [-0.1, -0.05) is 0 Å². The molecule has 2 heterocycles. The van der Waals surface area contributed by atoms with Crippen molar-refractivity contribution in [3.8, 4) is 5.00 Å². The Hall–Kier alpha value is -1.55. The molecular weight excluding hydrogens is 222 g/mol. The molecule has 16 heavy (non-hydrogen) atoms. The van der Waals surface area contributed by atoms with Crippen LogP contribution in [0.5, 0.6) is 0 Å². The average Bonchev–Trinajstić information content (AvgIpc) is 2.86. The minimum Gasteiger partial charge on any atom is -0.462 e. The third kappa shape index (κ3) is 1.88. The summed E-state index contributed by atoms with van der Waals surface area (Å²) >= 11 is 1.55. The van der Waals surface area contributed by atoms with Crippen LogP contribution in [0.1, 0.15) is 22.8 Å². The summed E-state index contributed by atoms with van der Waals surface area (Å²) in [5.41, 5.74) is 1.63. The first-order valence-corrected chi connectivity index (χ1v) is 6.00. The second kappa shape index (κ2) is 4.53. The Morgan fingerprint density at radius 2 is 2.12 bits per heavy atom. The number of rotatable bonds is 3. The number of nitrogens with zero attached hydrogens (tertiary/aromatic N) is 1. The summed E-state index contributed by atoms with van der Waals surface area (Å²) in [4.78, 5) is 11.8. The van der Waals surface area contributed by atoms with Crippen molar-refractivity contribution in [2.75, 3.05) is 6.61 Å². The molecule has 0 atom stereocenters. The van der Waals surface area contributed by atoms with Crippen molar-refractivity contribution in [1.29, 1.82) is 0 Å². The molecule has 2 rings (SSSR count). The van der Waals surface area contributed by atoms with E-state index in [4.69, 9.17) is 4.74 Å².